The van der Waals surface area contributed by atoms with Crippen molar-refractivity contribution in [2.45, 2.75) is 13.3 Å². The molecule has 0 aromatic carbocycles. The van der Waals surface area contributed by atoms with Gasteiger partial charge in [0.05, 0.1) is 0 Å². The Balaban J connectivity index is 3.17. The maximum absolute atomic E-state index is 5.51. The topological polar surface area (TPSA) is 18.5 Å². The van der Waals surface area contributed by atoms with E-state index in [0.29, 0.717) is 0 Å². The lowest BCUT2D eigenvalue weighted by Gasteiger charge is -2.07. The third-order valence-corrected chi connectivity index (χ3v) is 2.96. The van der Waals surface area contributed by atoms with Crippen molar-refractivity contribution in [3.05, 3.63) is 24.6 Å². The van der Waals surface area contributed by atoms with Crippen LogP contribution in [0.1, 0.15) is 13.3 Å². The molecule has 0 bridgehead atoms. The summed E-state index contributed by atoms with van der Waals surface area (Å²) in [5, 5.41) is 0. The zero-order valence-corrected chi connectivity index (χ0v) is 8.95. The summed E-state index contributed by atoms with van der Waals surface area (Å²) in [5.74, 6) is 0. The first-order valence-corrected chi connectivity index (χ1v) is 6.10. The largest absolute Gasteiger partial charge is 0.412 e. The van der Waals surface area contributed by atoms with Gasteiger partial charge < -0.3 is 9.16 Å². The van der Waals surface area contributed by atoms with E-state index < -0.39 is 9.04 Å². The first-order valence-electron chi connectivity index (χ1n) is 4.29. The second-order valence-corrected chi connectivity index (χ2v) is 4.56. The molecule has 0 heterocycles. The molecule has 0 unspecified atom stereocenters. The van der Waals surface area contributed by atoms with Crippen molar-refractivity contribution in [3.63, 3.8) is 0 Å². The minimum Gasteiger partial charge on any atom is -0.412 e. The standard InChI is InChI=1S/C9H18O2Si/c1-4-10-8-7-9-11-12(5-2)6-3/h5-6,12H,2-4,7-9H2,1H3. The summed E-state index contributed by atoms with van der Waals surface area (Å²) in [5.41, 5.74) is 3.74. The van der Waals surface area contributed by atoms with Crippen molar-refractivity contribution in [3.8, 4) is 0 Å². The molecular weight excluding hydrogens is 168 g/mol. The Morgan fingerprint density at radius 1 is 1.25 bits per heavy atom. The minimum absolute atomic E-state index is 0.759. The van der Waals surface area contributed by atoms with E-state index in [2.05, 4.69) is 13.2 Å². The highest BCUT2D eigenvalue weighted by atomic mass is 28.3. The van der Waals surface area contributed by atoms with E-state index in [1.807, 2.05) is 18.3 Å². The van der Waals surface area contributed by atoms with Crippen molar-refractivity contribution in [2.24, 2.45) is 0 Å². The Hall–Kier alpha value is -0.383. The normalized spacial score (nSPS) is 10.2. The van der Waals surface area contributed by atoms with Gasteiger partial charge in [0.1, 0.15) is 0 Å². The van der Waals surface area contributed by atoms with Crippen molar-refractivity contribution in [2.75, 3.05) is 19.8 Å². The van der Waals surface area contributed by atoms with Crippen LogP contribution in [0.5, 0.6) is 0 Å². The maximum Gasteiger partial charge on any atom is 0.224 e. The molecule has 0 aromatic heterocycles. The van der Waals surface area contributed by atoms with Gasteiger partial charge in [0.15, 0.2) is 0 Å². The third kappa shape index (κ3) is 6.33. The molecule has 0 fully saturated rings. The Morgan fingerprint density at radius 2 is 1.92 bits per heavy atom. The number of rotatable bonds is 8. The Kier molecular flexibility index (Phi) is 8.43. The first-order chi connectivity index (χ1) is 5.85. The van der Waals surface area contributed by atoms with Gasteiger partial charge in [0.25, 0.3) is 0 Å². The zero-order chi connectivity index (χ0) is 9.23. The average molecular weight is 186 g/mol. The van der Waals surface area contributed by atoms with Crippen molar-refractivity contribution in [1.29, 1.82) is 0 Å². The molecule has 0 atom stereocenters. The monoisotopic (exact) mass is 186 g/mol. The van der Waals surface area contributed by atoms with Crippen molar-refractivity contribution < 1.29 is 9.16 Å². The SMILES string of the molecule is C=C[SiH](C=C)OCCCOCC. The smallest absolute Gasteiger partial charge is 0.224 e. The molecule has 0 aliphatic rings. The molecule has 70 valence electrons. The Bertz CT molecular complexity index is 118. The summed E-state index contributed by atoms with van der Waals surface area (Å²) in [6.07, 6.45) is 0.957. The van der Waals surface area contributed by atoms with Crippen LogP contribution in [-0.4, -0.2) is 28.9 Å². The van der Waals surface area contributed by atoms with Gasteiger partial charge in [-0.3, -0.25) is 0 Å². The summed E-state index contributed by atoms with van der Waals surface area (Å²) in [4.78, 5) is 0. The molecule has 0 aliphatic carbocycles. The molecule has 0 saturated heterocycles. The molecule has 0 N–H and O–H groups in total. The van der Waals surface area contributed by atoms with Crippen LogP contribution in [0, 0.1) is 0 Å². The zero-order valence-electron chi connectivity index (χ0n) is 7.79. The molecule has 0 aliphatic heterocycles. The lowest BCUT2D eigenvalue weighted by Crippen LogP contribution is -2.13. The van der Waals surface area contributed by atoms with E-state index in [1.54, 1.807) is 0 Å². The van der Waals surface area contributed by atoms with Crippen LogP contribution in [-0.2, 0) is 9.16 Å². The summed E-state index contributed by atoms with van der Waals surface area (Å²) in [6.45, 7) is 11.7. The summed E-state index contributed by atoms with van der Waals surface area (Å²) < 4.78 is 10.7. The fourth-order valence-electron chi connectivity index (χ4n) is 0.757. The average Bonchev–Trinajstić information content (AvgIpc) is 2.11. The number of hydrogen-bond donors (Lipinski definition) is 0. The molecule has 0 aromatic rings. The quantitative estimate of drug-likeness (QED) is 0.423. The third-order valence-electron chi connectivity index (χ3n) is 1.41. The number of hydrogen-bond acceptors (Lipinski definition) is 2. The fourth-order valence-corrected chi connectivity index (χ4v) is 1.66. The predicted octanol–water partition coefficient (Wildman–Crippen LogP) is 1.60. The molecule has 0 amide bonds. The lowest BCUT2D eigenvalue weighted by atomic mass is 10.5. The van der Waals surface area contributed by atoms with Crippen LogP contribution >= 0.6 is 0 Å². The molecule has 3 heteroatoms. The minimum atomic E-state index is -1.27. The highest BCUT2D eigenvalue weighted by Crippen LogP contribution is 1.91. The van der Waals surface area contributed by atoms with Gasteiger partial charge in [0, 0.05) is 19.8 Å². The van der Waals surface area contributed by atoms with Gasteiger partial charge in [-0.1, -0.05) is 11.4 Å². The van der Waals surface area contributed by atoms with E-state index in [-0.39, 0.29) is 0 Å². The fraction of sp³-hybridized carbons (Fsp3) is 0.556. The summed E-state index contributed by atoms with van der Waals surface area (Å²) in [6, 6.07) is 0. The maximum atomic E-state index is 5.51. The van der Waals surface area contributed by atoms with E-state index in [4.69, 9.17) is 9.16 Å². The number of ether oxygens (including phenoxy) is 1. The second-order valence-electron chi connectivity index (χ2n) is 2.36. The molecule has 0 rings (SSSR count). The van der Waals surface area contributed by atoms with Gasteiger partial charge in [-0.25, -0.2) is 0 Å². The van der Waals surface area contributed by atoms with Crippen LogP contribution in [0.4, 0.5) is 0 Å². The van der Waals surface area contributed by atoms with E-state index in [9.17, 15) is 0 Å². The molecular formula is C9H18O2Si. The second kappa shape index (κ2) is 8.71. The molecule has 12 heavy (non-hydrogen) atoms. The lowest BCUT2D eigenvalue weighted by molar-refractivity contribution is 0.131. The molecule has 0 saturated carbocycles. The highest BCUT2D eigenvalue weighted by Gasteiger charge is 1.99. The molecule has 0 spiro atoms. The van der Waals surface area contributed by atoms with E-state index in [0.717, 1.165) is 26.2 Å². The van der Waals surface area contributed by atoms with Crippen molar-refractivity contribution in [1.82, 2.24) is 0 Å². The highest BCUT2D eigenvalue weighted by molar-refractivity contribution is 6.62. The van der Waals surface area contributed by atoms with E-state index >= 15 is 0 Å². The van der Waals surface area contributed by atoms with E-state index in [1.165, 1.54) is 0 Å². The van der Waals surface area contributed by atoms with Gasteiger partial charge in [0.2, 0.25) is 9.04 Å². The Morgan fingerprint density at radius 3 is 2.42 bits per heavy atom. The van der Waals surface area contributed by atoms with Crippen LogP contribution < -0.4 is 0 Å². The van der Waals surface area contributed by atoms with Crippen LogP contribution in [0.3, 0.4) is 0 Å². The summed E-state index contributed by atoms with van der Waals surface area (Å²) >= 11 is 0. The van der Waals surface area contributed by atoms with Crippen LogP contribution in [0.15, 0.2) is 24.6 Å². The Labute approximate surface area is 76.6 Å². The predicted molar refractivity (Wildman–Crippen MR) is 54.6 cm³/mol. The molecule has 0 radical (unpaired) electrons. The van der Waals surface area contributed by atoms with Gasteiger partial charge >= 0.3 is 0 Å². The van der Waals surface area contributed by atoms with Gasteiger partial charge in [-0.15, -0.1) is 13.2 Å². The van der Waals surface area contributed by atoms with Crippen LogP contribution in [0.2, 0.25) is 0 Å². The van der Waals surface area contributed by atoms with Crippen molar-refractivity contribution >= 4 is 9.04 Å². The van der Waals surface area contributed by atoms with Gasteiger partial charge in [-0.05, 0) is 13.3 Å². The van der Waals surface area contributed by atoms with Crippen LogP contribution in [0.25, 0.3) is 0 Å². The van der Waals surface area contributed by atoms with Gasteiger partial charge in [-0.2, -0.15) is 0 Å². The first kappa shape index (κ1) is 11.6. The molecule has 2 nitrogen and oxygen atoms in total. The summed E-state index contributed by atoms with van der Waals surface area (Å²) in [7, 11) is -1.27.